The third-order valence-corrected chi connectivity index (χ3v) is 4.44. The normalized spacial score (nSPS) is 14.5. The fourth-order valence-corrected chi connectivity index (χ4v) is 2.69. The second-order valence-corrected chi connectivity index (χ2v) is 6.13. The number of nitrogens with one attached hydrogen (secondary N) is 2. The van der Waals surface area contributed by atoms with Gasteiger partial charge in [0.2, 0.25) is 11.8 Å². The summed E-state index contributed by atoms with van der Waals surface area (Å²) in [6.07, 6.45) is 3.51. The van der Waals surface area contributed by atoms with Crippen molar-refractivity contribution < 1.29 is 14.3 Å². The van der Waals surface area contributed by atoms with Gasteiger partial charge in [-0.15, -0.1) is 0 Å². The number of ether oxygens (including phenoxy) is 1. The average molecular weight is 350 g/mol. The summed E-state index contributed by atoms with van der Waals surface area (Å²) in [5.41, 5.74) is 0.464. The summed E-state index contributed by atoms with van der Waals surface area (Å²) in [4.78, 5) is 28.7. The van der Waals surface area contributed by atoms with Crippen LogP contribution in [0.3, 0.4) is 0 Å². The number of hydrogen-bond acceptors (Lipinski definition) is 5. The molecule has 0 radical (unpaired) electrons. The molecule has 2 amide bonds. The molecule has 0 bridgehead atoms. The average Bonchev–Trinajstić information content (AvgIpc) is 2.62. The van der Waals surface area contributed by atoms with Crippen LogP contribution < -0.4 is 15.4 Å². The lowest BCUT2D eigenvalue weighted by atomic mass is 9.69. The first-order chi connectivity index (χ1) is 12.6. The van der Waals surface area contributed by atoms with Crippen molar-refractivity contribution in [1.82, 2.24) is 4.98 Å². The fourth-order valence-electron chi connectivity index (χ4n) is 2.69. The van der Waals surface area contributed by atoms with E-state index < -0.39 is 5.41 Å². The number of methoxy groups -OCH3 is 1. The molecular formula is C19H18N4O3. The van der Waals surface area contributed by atoms with Crippen LogP contribution in [-0.2, 0) is 4.79 Å². The molecule has 1 aromatic carbocycles. The molecule has 0 spiro atoms. The van der Waals surface area contributed by atoms with Gasteiger partial charge in [-0.1, -0.05) is 6.07 Å². The van der Waals surface area contributed by atoms with E-state index in [0.717, 1.165) is 6.42 Å². The van der Waals surface area contributed by atoms with E-state index in [0.29, 0.717) is 35.7 Å². The summed E-state index contributed by atoms with van der Waals surface area (Å²) < 4.78 is 4.98. The fraction of sp³-hybridized carbons (Fsp3) is 0.263. The van der Waals surface area contributed by atoms with Gasteiger partial charge in [-0.3, -0.25) is 9.59 Å². The maximum Gasteiger partial charge on any atom is 0.255 e. The zero-order valence-electron chi connectivity index (χ0n) is 14.3. The molecule has 0 atom stereocenters. The van der Waals surface area contributed by atoms with Crippen LogP contribution in [0.15, 0.2) is 42.6 Å². The summed E-state index contributed by atoms with van der Waals surface area (Å²) in [7, 11) is 1.51. The second-order valence-electron chi connectivity index (χ2n) is 6.13. The summed E-state index contributed by atoms with van der Waals surface area (Å²) in [6.45, 7) is 0. The number of anilines is 2. The highest BCUT2D eigenvalue weighted by molar-refractivity contribution is 6.05. The molecule has 132 valence electrons. The first-order valence-corrected chi connectivity index (χ1v) is 8.20. The number of nitrogens with zero attached hydrogens (tertiary/aromatic N) is 2. The lowest BCUT2D eigenvalue weighted by Crippen LogP contribution is -2.40. The zero-order valence-corrected chi connectivity index (χ0v) is 14.3. The summed E-state index contributed by atoms with van der Waals surface area (Å²) in [6, 6.07) is 12.0. The predicted molar refractivity (Wildman–Crippen MR) is 95.7 cm³/mol. The van der Waals surface area contributed by atoms with Crippen LogP contribution in [0.1, 0.15) is 29.6 Å². The van der Waals surface area contributed by atoms with Gasteiger partial charge in [0.1, 0.15) is 5.41 Å². The summed E-state index contributed by atoms with van der Waals surface area (Å²) in [5.74, 6) is -0.190. The van der Waals surface area contributed by atoms with Gasteiger partial charge in [-0.05, 0) is 43.5 Å². The van der Waals surface area contributed by atoms with Crippen LogP contribution >= 0.6 is 0 Å². The topological polar surface area (TPSA) is 104 Å². The van der Waals surface area contributed by atoms with E-state index in [1.165, 1.54) is 13.3 Å². The first-order valence-electron chi connectivity index (χ1n) is 8.20. The standard InChI is InChI=1S/C19H18N4O3/c1-26-16-7-6-15(11-21-16)22-17(24)13-4-2-5-14(10-13)23-18(25)19(12-20)8-3-9-19/h2,4-7,10-11H,3,8-9H2,1H3,(H,22,24)(H,23,25). The summed E-state index contributed by atoms with van der Waals surface area (Å²) in [5, 5.41) is 14.7. The Morgan fingerprint density at radius 1 is 1.19 bits per heavy atom. The van der Waals surface area contributed by atoms with Crippen molar-refractivity contribution in [3.05, 3.63) is 48.2 Å². The number of benzene rings is 1. The van der Waals surface area contributed by atoms with Crippen molar-refractivity contribution in [2.45, 2.75) is 19.3 Å². The molecule has 7 nitrogen and oxygen atoms in total. The van der Waals surface area contributed by atoms with Crippen LogP contribution in [0.5, 0.6) is 5.88 Å². The molecule has 2 aromatic rings. The van der Waals surface area contributed by atoms with Gasteiger partial charge in [0, 0.05) is 17.3 Å². The first kappa shape index (κ1) is 17.4. The number of amides is 2. The van der Waals surface area contributed by atoms with Gasteiger partial charge < -0.3 is 15.4 Å². The number of rotatable bonds is 5. The molecule has 3 rings (SSSR count). The molecule has 1 aliphatic carbocycles. The Labute approximate surface area is 151 Å². The Balaban J connectivity index is 1.69. The highest BCUT2D eigenvalue weighted by Gasteiger charge is 2.44. The number of hydrogen-bond donors (Lipinski definition) is 2. The van der Waals surface area contributed by atoms with Crippen LogP contribution in [-0.4, -0.2) is 23.9 Å². The van der Waals surface area contributed by atoms with E-state index in [4.69, 9.17) is 4.74 Å². The van der Waals surface area contributed by atoms with Crippen LogP contribution in [0.4, 0.5) is 11.4 Å². The van der Waals surface area contributed by atoms with Crippen molar-refractivity contribution in [2.75, 3.05) is 17.7 Å². The van der Waals surface area contributed by atoms with Gasteiger partial charge in [0.15, 0.2) is 0 Å². The van der Waals surface area contributed by atoms with Crippen LogP contribution in [0.2, 0.25) is 0 Å². The Morgan fingerprint density at radius 3 is 2.58 bits per heavy atom. The van der Waals surface area contributed by atoms with Gasteiger partial charge >= 0.3 is 0 Å². The molecule has 1 saturated carbocycles. The molecule has 1 aromatic heterocycles. The highest BCUT2D eigenvalue weighted by atomic mass is 16.5. The molecular weight excluding hydrogens is 332 g/mol. The van der Waals surface area contributed by atoms with E-state index in [9.17, 15) is 14.9 Å². The molecule has 2 N–H and O–H groups in total. The van der Waals surface area contributed by atoms with Gasteiger partial charge in [-0.25, -0.2) is 4.98 Å². The minimum atomic E-state index is -0.937. The smallest absolute Gasteiger partial charge is 0.255 e. The Bertz CT molecular complexity index is 867. The van der Waals surface area contributed by atoms with E-state index in [1.54, 1.807) is 36.4 Å². The maximum absolute atomic E-state index is 12.4. The van der Waals surface area contributed by atoms with Crippen LogP contribution in [0, 0.1) is 16.7 Å². The minimum Gasteiger partial charge on any atom is -0.481 e. The lowest BCUT2D eigenvalue weighted by molar-refractivity contribution is -0.126. The molecule has 1 aliphatic rings. The number of carbonyl (C=O) groups is 2. The molecule has 0 aliphatic heterocycles. The number of nitriles is 1. The van der Waals surface area contributed by atoms with E-state index in [-0.39, 0.29) is 11.8 Å². The highest BCUT2D eigenvalue weighted by Crippen LogP contribution is 2.41. The Hall–Kier alpha value is -3.40. The van der Waals surface area contributed by atoms with Crippen molar-refractivity contribution in [3.8, 4) is 11.9 Å². The number of pyridine rings is 1. The van der Waals surface area contributed by atoms with E-state index in [2.05, 4.69) is 21.7 Å². The van der Waals surface area contributed by atoms with Gasteiger partial charge in [-0.2, -0.15) is 5.26 Å². The number of carbonyl (C=O) groups excluding carboxylic acids is 2. The number of aromatic nitrogens is 1. The largest absolute Gasteiger partial charge is 0.481 e. The molecule has 1 heterocycles. The third kappa shape index (κ3) is 3.49. The summed E-state index contributed by atoms with van der Waals surface area (Å²) >= 11 is 0. The van der Waals surface area contributed by atoms with Crippen LogP contribution in [0.25, 0.3) is 0 Å². The molecule has 26 heavy (non-hydrogen) atoms. The molecule has 0 unspecified atom stereocenters. The quantitative estimate of drug-likeness (QED) is 0.863. The lowest BCUT2D eigenvalue weighted by Gasteiger charge is -2.33. The molecule has 1 fully saturated rings. The van der Waals surface area contributed by atoms with Crippen molar-refractivity contribution >= 4 is 23.2 Å². The minimum absolute atomic E-state index is 0.317. The Kier molecular flexibility index (Phi) is 4.85. The van der Waals surface area contributed by atoms with Gasteiger partial charge in [0.25, 0.3) is 5.91 Å². The van der Waals surface area contributed by atoms with Crippen molar-refractivity contribution in [3.63, 3.8) is 0 Å². The van der Waals surface area contributed by atoms with Crippen molar-refractivity contribution in [2.24, 2.45) is 5.41 Å². The third-order valence-electron chi connectivity index (χ3n) is 4.44. The van der Waals surface area contributed by atoms with E-state index >= 15 is 0 Å². The SMILES string of the molecule is COc1ccc(NC(=O)c2cccc(NC(=O)C3(C#N)CCC3)c2)cn1. The van der Waals surface area contributed by atoms with Crippen molar-refractivity contribution in [1.29, 1.82) is 5.26 Å². The van der Waals surface area contributed by atoms with E-state index in [1.807, 2.05) is 0 Å². The predicted octanol–water partition coefficient (Wildman–Crippen LogP) is 2.97. The zero-order chi connectivity index (χ0) is 18.6. The second kappa shape index (κ2) is 7.23. The Morgan fingerprint density at radius 2 is 2.00 bits per heavy atom. The maximum atomic E-state index is 12.4. The molecule has 7 heteroatoms. The van der Waals surface area contributed by atoms with Gasteiger partial charge in [0.05, 0.1) is 25.1 Å². The molecule has 0 saturated heterocycles. The monoisotopic (exact) mass is 350 g/mol.